The second-order valence-corrected chi connectivity index (χ2v) is 10.9. The molecule has 0 aromatic heterocycles. The highest BCUT2D eigenvalue weighted by atomic mass is 32.2. The summed E-state index contributed by atoms with van der Waals surface area (Å²) >= 11 is 0. The Labute approximate surface area is 195 Å². The van der Waals surface area contributed by atoms with Crippen molar-refractivity contribution in [3.63, 3.8) is 0 Å². The maximum atomic E-state index is 13.4. The van der Waals surface area contributed by atoms with Crippen LogP contribution in [0.15, 0.2) is 47.4 Å². The van der Waals surface area contributed by atoms with Crippen LogP contribution in [0.1, 0.15) is 44.7 Å². The van der Waals surface area contributed by atoms with E-state index in [1.165, 1.54) is 11.2 Å². The molecule has 1 N–H and O–H groups in total. The van der Waals surface area contributed by atoms with Crippen molar-refractivity contribution in [1.82, 2.24) is 4.31 Å². The monoisotopic (exact) mass is 469 g/mol. The molecule has 2 aliphatic heterocycles. The molecule has 0 unspecified atom stereocenters. The van der Waals surface area contributed by atoms with Crippen molar-refractivity contribution >= 4 is 33.2 Å². The van der Waals surface area contributed by atoms with E-state index in [1.807, 2.05) is 38.1 Å². The Kier molecular flexibility index (Phi) is 6.59. The highest BCUT2D eigenvalue weighted by Gasteiger charge is 2.35. The number of carbonyl (C=O) groups is 2. The van der Waals surface area contributed by atoms with Crippen molar-refractivity contribution in [2.24, 2.45) is 5.92 Å². The standard InChI is InChI=1S/C25H31N3O4S/c1-4-19-8-5-6-10-23(19)26-25(30)20-9-7-13-27(16-20)33(31,32)22-11-12-24-21(15-22)14-17(2)28(24)18(3)29/h5-6,8,10-12,15,17,20H,4,7,9,13-14,16H2,1-3H3,(H,26,30)/t17-,20-/m0/s1. The molecular weight excluding hydrogens is 438 g/mol. The Morgan fingerprint density at radius 3 is 2.64 bits per heavy atom. The third-order valence-electron chi connectivity index (χ3n) is 6.65. The van der Waals surface area contributed by atoms with Gasteiger partial charge in [-0.3, -0.25) is 9.59 Å². The first kappa shape index (κ1) is 23.4. The van der Waals surface area contributed by atoms with E-state index in [2.05, 4.69) is 5.32 Å². The van der Waals surface area contributed by atoms with Gasteiger partial charge in [-0.05, 0) is 68.0 Å². The molecule has 1 saturated heterocycles. The maximum absolute atomic E-state index is 13.4. The number of nitrogens with zero attached hydrogens (tertiary/aromatic N) is 2. The van der Waals surface area contributed by atoms with Gasteiger partial charge in [0.1, 0.15) is 0 Å². The molecule has 2 atom stereocenters. The minimum Gasteiger partial charge on any atom is -0.326 e. The highest BCUT2D eigenvalue weighted by Crippen LogP contribution is 2.35. The first-order chi connectivity index (χ1) is 15.7. The van der Waals surface area contributed by atoms with Gasteiger partial charge in [0.2, 0.25) is 21.8 Å². The lowest BCUT2D eigenvalue weighted by molar-refractivity contribution is -0.121. The molecule has 33 heavy (non-hydrogen) atoms. The number of hydrogen-bond acceptors (Lipinski definition) is 4. The number of hydrogen-bond donors (Lipinski definition) is 1. The summed E-state index contributed by atoms with van der Waals surface area (Å²) in [6.07, 6.45) is 2.72. The molecule has 2 aliphatic rings. The van der Waals surface area contributed by atoms with E-state index in [9.17, 15) is 18.0 Å². The summed E-state index contributed by atoms with van der Waals surface area (Å²) in [7, 11) is -3.74. The van der Waals surface area contributed by atoms with Crippen LogP contribution in [0.3, 0.4) is 0 Å². The topological polar surface area (TPSA) is 86.8 Å². The van der Waals surface area contributed by atoms with E-state index in [4.69, 9.17) is 0 Å². The largest absolute Gasteiger partial charge is 0.326 e. The van der Waals surface area contributed by atoms with Crippen LogP contribution in [-0.4, -0.2) is 43.7 Å². The molecule has 2 aromatic carbocycles. The van der Waals surface area contributed by atoms with Crippen LogP contribution in [0, 0.1) is 5.92 Å². The van der Waals surface area contributed by atoms with Gasteiger partial charge in [0, 0.05) is 37.4 Å². The van der Waals surface area contributed by atoms with Crippen LogP contribution in [0.2, 0.25) is 0 Å². The van der Waals surface area contributed by atoms with Crippen LogP contribution in [0.4, 0.5) is 11.4 Å². The van der Waals surface area contributed by atoms with Crippen molar-refractivity contribution in [2.75, 3.05) is 23.3 Å². The summed E-state index contributed by atoms with van der Waals surface area (Å²) in [4.78, 5) is 26.9. The van der Waals surface area contributed by atoms with E-state index in [1.54, 1.807) is 23.1 Å². The van der Waals surface area contributed by atoms with E-state index in [0.717, 1.165) is 28.9 Å². The summed E-state index contributed by atoms with van der Waals surface area (Å²) in [5.74, 6) is -0.594. The molecule has 2 aromatic rings. The molecule has 0 bridgehead atoms. The number of aryl methyl sites for hydroxylation is 1. The van der Waals surface area contributed by atoms with Crippen LogP contribution in [0.25, 0.3) is 0 Å². The summed E-state index contributed by atoms with van der Waals surface area (Å²) in [5, 5.41) is 3.00. The number of fused-ring (bicyclic) bond motifs is 1. The van der Waals surface area contributed by atoms with Gasteiger partial charge in [0.05, 0.1) is 10.8 Å². The molecule has 2 amide bonds. The van der Waals surface area contributed by atoms with Gasteiger partial charge in [-0.25, -0.2) is 8.42 Å². The predicted octanol–water partition coefficient (Wildman–Crippen LogP) is 3.59. The molecule has 0 spiro atoms. The zero-order valence-electron chi connectivity index (χ0n) is 19.4. The average Bonchev–Trinajstić information content (AvgIpc) is 3.14. The van der Waals surface area contributed by atoms with Crippen molar-refractivity contribution < 1.29 is 18.0 Å². The second kappa shape index (κ2) is 9.27. The lowest BCUT2D eigenvalue weighted by atomic mass is 9.98. The van der Waals surface area contributed by atoms with Crippen molar-refractivity contribution in [3.8, 4) is 0 Å². The molecule has 7 nitrogen and oxygen atoms in total. The molecule has 0 saturated carbocycles. The summed E-state index contributed by atoms with van der Waals surface area (Å²) in [6.45, 7) is 6.07. The summed E-state index contributed by atoms with van der Waals surface area (Å²) < 4.78 is 28.3. The fraction of sp³-hybridized carbons (Fsp3) is 0.440. The number of para-hydroxylation sites is 1. The van der Waals surface area contributed by atoms with Gasteiger partial charge in [-0.15, -0.1) is 0 Å². The predicted molar refractivity (Wildman–Crippen MR) is 129 cm³/mol. The smallest absolute Gasteiger partial charge is 0.243 e. The second-order valence-electron chi connectivity index (χ2n) is 8.93. The Bertz CT molecular complexity index is 1180. The summed E-state index contributed by atoms with van der Waals surface area (Å²) in [6, 6.07) is 12.7. The number of rotatable bonds is 5. The first-order valence-electron chi connectivity index (χ1n) is 11.5. The molecule has 0 aliphatic carbocycles. The van der Waals surface area contributed by atoms with Gasteiger partial charge in [0.15, 0.2) is 0 Å². The third kappa shape index (κ3) is 4.54. The first-order valence-corrected chi connectivity index (χ1v) is 13.0. The van der Waals surface area contributed by atoms with Crippen LogP contribution >= 0.6 is 0 Å². The number of piperidine rings is 1. The molecule has 0 radical (unpaired) electrons. The lowest BCUT2D eigenvalue weighted by Gasteiger charge is -2.31. The number of anilines is 2. The normalized spacial score (nSPS) is 21.0. The number of sulfonamides is 1. The number of benzene rings is 2. The number of amides is 2. The minimum absolute atomic E-state index is 0.00418. The van der Waals surface area contributed by atoms with E-state index >= 15 is 0 Å². The van der Waals surface area contributed by atoms with Gasteiger partial charge < -0.3 is 10.2 Å². The third-order valence-corrected chi connectivity index (χ3v) is 8.52. The average molecular weight is 470 g/mol. The van der Waals surface area contributed by atoms with Gasteiger partial charge in [0.25, 0.3) is 0 Å². The van der Waals surface area contributed by atoms with Crippen molar-refractivity contribution in [1.29, 1.82) is 0 Å². The highest BCUT2D eigenvalue weighted by molar-refractivity contribution is 7.89. The number of nitrogens with one attached hydrogen (secondary N) is 1. The van der Waals surface area contributed by atoms with E-state index in [-0.39, 0.29) is 29.3 Å². The zero-order valence-corrected chi connectivity index (χ0v) is 20.2. The molecule has 8 heteroatoms. The van der Waals surface area contributed by atoms with Crippen LogP contribution in [0.5, 0.6) is 0 Å². The quantitative estimate of drug-likeness (QED) is 0.725. The Hall–Kier alpha value is -2.71. The lowest BCUT2D eigenvalue weighted by Crippen LogP contribution is -2.43. The van der Waals surface area contributed by atoms with Crippen molar-refractivity contribution in [3.05, 3.63) is 53.6 Å². The Balaban J connectivity index is 1.52. The molecular formula is C25H31N3O4S. The molecule has 176 valence electrons. The summed E-state index contributed by atoms with van der Waals surface area (Å²) in [5.41, 5.74) is 3.48. The van der Waals surface area contributed by atoms with Gasteiger partial charge in [-0.1, -0.05) is 25.1 Å². The SMILES string of the molecule is CCc1ccccc1NC(=O)[C@H]1CCCN(S(=O)(=O)c2ccc3c(c2)C[C@H](C)N3C(C)=O)C1. The fourth-order valence-electron chi connectivity index (χ4n) is 4.96. The number of carbonyl (C=O) groups excluding carboxylic acids is 2. The molecule has 1 fully saturated rings. The van der Waals surface area contributed by atoms with Crippen LogP contribution in [-0.2, 0) is 32.5 Å². The maximum Gasteiger partial charge on any atom is 0.243 e. The van der Waals surface area contributed by atoms with Crippen LogP contribution < -0.4 is 10.2 Å². The Morgan fingerprint density at radius 2 is 1.91 bits per heavy atom. The fourth-order valence-corrected chi connectivity index (χ4v) is 6.53. The Morgan fingerprint density at radius 1 is 1.15 bits per heavy atom. The van der Waals surface area contributed by atoms with Gasteiger partial charge >= 0.3 is 0 Å². The minimum atomic E-state index is -3.74. The molecule has 4 rings (SSSR count). The van der Waals surface area contributed by atoms with E-state index < -0.39 is 15.9 Å². The van der Waals surface area contributed by atoms with E-state index in [0.29, 0.717) is 25.8 Å². The van der Waals surface area contributed by atoms with Gasteiger partial charge in [-0.2, -0.15) is 4.31 Å². The zero-order chi connectivity index (χ0) is 23.8. The molecule has 2 heterocycles. The van der Waals surface area contributed by atoms with Crippen molar-refractivity contribution in [2.45, 2.75) is 57.4 Å².